The van der Waals surface area contributed by atoms with E-state index in [4.69, 9.17) is 28.9 Å². The van der Waals surface area contributed by atoms with E-state index in [0.29, 0.717) is 18.6 Å². The van der Waals surface area contributed by atoms with Gasteiger partial charge in [-0.25, -0.2) is 0 Å². The summed E-state index contributed by atoms with van der Waals surface area (Å²) in [5, 5.41) is 0. The number of halogens is 2. The summed E-state index contributed by atoms with van der Waals surface area (Å²) in [4.78, 5) is 23.8. The molecule has 0 amide bonds. The van der Waals surface area contributed by atoms with Crippen molar-refractivity contribution in [2.75, 3.05) is 0 Å². The van der Waals surface area contributed by atoms with E-state index >= 15 is 0 Å². The Kier molecular flexibility index (Phi) is 19.2. The Hall–Kier alpha value is -3.37. The summed E-state index contributed by atoms with van der Waals surface area (Å²) < 4.78 is 12.5. The van der Waals surface area contributed by atoms with Crippen LogP contribution in [0, 0.1) is 14.9 Å². The summed E-state index contributed by atoms with van der Waals surface area (Å²) in [6.45, 7) is 12.7. The Labute approximate surface area is 290 Å². The van der Waals surface area contributed by atoms with E-state index in [2.05, 4.69) is 31.9 Å². The molecular weight excluding hydrogens is 704 g/mol. The number of hydrogen-bond donors (Lipinski definition) is 0. The number of allylic oxidation sites excluding steroid dienone is 5. The standard InChI is InChI=1S/C14H14O2.C12H10O2.C7H6.C3H6.CH4.2CH3.2ClH.Ru/c1-3-9-14(10-4-2)11-7-5-6-8-12(11)16-13(14)15;13-11-12(7-3-4-8-12)9-5-1-2-6-10(9)14-11;1-7-5-3-2-4-6-7;1-3-2;;;;;;/h3-8H,1-2,9-10H2;1-6H,7-8H2;1-6H;3H,1H2,2H3;1H4;2*1H3;2*1H;/q;;;;;2*-1;;;+2/p-2. The summed E-state index contributed by atoms with van der Waals surface area (Å²) >= 11 is -1.61. The van der Waals surface area contributed by atoms with E-state index in [9.17, 15) is 9.59 Å². The van der Waals surface area contributed by atoms with Gasteiger partial charge in [0.15, 0.2) is 0 Å². The number of esters is 2. The normalized spacial score (nSPS) is 14.8. The fourth-order valence-electron chi connectivity index (χ4n) is 5.13. The maximum absolute atomic E-state index is 12.0. The predicted molar refractivity (Wildman–Crippen MR) is 194 cm³/mol. The average Bonchev–Trinajstić information content (AvgIpc) is 3.67. The molecule has 7 heteroatoms. The number of fused-ring (bicyclic) bond motifs is 3. The minimum atomic E-state index is -1.61. The van der Waals surface area contributed by atoms with Crippen LogP contribution in [-0.2, 0) is 33.9 Å². The van der Waals surface area contributed by atoms with Gasteiger partial charge in [0.05, 0.1) is 0 Å². The molecule has 0 atom stereocenters. The van der Waals surface area contributed by atoms with Gasteiger partial charge in [-0.2, -0.15) is 0 Å². The van der Waals surface area contributed by atoms with Crippen LogP contribution in [-0.4, -0.2) is 16.5 Å². The topological polar surface area (TPSA) is 52.6 Å². The quantitative estimate of drug-likeness (QED) is 0.0857. The molecule has 0 saturated carbocycles. The summed E-state index contributed by atoms with van der Waals surface area (Å²) in [5.41, 5.74) is 2.11. The van der Waals surface area contributed by atoms with Crippen LogP contribution in [0.15, 0.2) is 129 Å². The number of benzene rings is 3. The Bertz CT molecular complexity index is 1490. The van der Waals surface area contributed by atoms with Crippen molar-refractivity contribution >= 4 is 35.9 Å². The summed E-state index contributed by atoms with van der Waals surface area (Å²) in [6.07, 6.45) is 12.1. The second-order valence-corrected chi connectivity index (χ2v) is 15.7. The van der Waals surface area contributed by atoms with Crippen molar-refractivity contribution in [1.29, 1.82) is 0 Å². The molecule has 46 heavy (non-hydrogen) atoms. The molecule has 3 aliphatic rings. The molecule has 0 bridgehead atoms. The SMILES string of the molecule is C.C=CC.C=CCC1(CC=C)C(=O)Oc2ccccc21.O=C1Oc2ccccc2C12CC=CC2.[CH3-].[CH3-].[Cl][Ru]([Cl])=[CH]c1ccccc1. The first kappa shape index (κ1) is 42.6. The van der Waals surface area contributed by atoms with Gasteiger partial charge < -0.3 is 24.3 Å². The molecule has 250 valence electrons. The zero-order chi connectivity index (χ0) is 31.3. The Morgan fingerprint density at radius 3 is 1.67 bits per heavy atom. The van der Waals surface area contributed by atoms with Crippen LogP contribution in [0.2, 0.25) is 0 Å². The zero-order valence-electron chi connectivity index (χ0n) is 26.2. The number of carbonyl (C=O) groups is 2. The van der Waals surface area contributed by atoms with Crippen LogP contribution in [0.4, 0.5) is 0 Å². The molecule has 4 nitrogen and oxygen atoms in total. The summed E-state index contributed by atoms with van der Waals surface area (Å²) in [6, 6.07) is 25.1. The fraction of sp³-hybridized carbons (Fsp3) is 0.205. The van der Waals surface area contributed by atoms with Gasteiger partial charge >= 0.3 is 85.3 Å². The third-order valence-electron chi connectivity index (χ3n) is 7.07. The average molecular weight is 751 g/mol. The van der Waals surface area contributed by atoms with Crippen molar-refractivity contribution in [2.24, 2.45) is 0 Å². The molecule has 0 fully saturated rings. The van der Waals surface area contributed by atoms with Crippen LogP contribution in [0.25, 0.3) is 0 Å². The maximum atomic E-state index is 12.0. The summed E-state index contributed by atoms with van der Waals surface area (Å²) in [7, 11) is 11.3. The van der Waals surface area contributed by atoms with Crippen LogP contribution in [0.1, 0.15) is 56.7 Å². The third kappa shape index (κ3) is 10.1. The molecule has 2 aliphatic heterocycles. The van der Waals surface area contributed by atoms with Crippen LogP contribution in [0.3, 0.4) is 0 Å². The molecule has 0 saturated heterocycles. The van der Waals surface area contributed by atoms with Crippen LogP contribution < -0.4 is 9.47 Å². The monoisotopic (exact) mass is 750 g/mol. The number of para-hydroxylation sites is 2. The molecule has 1 aliphatic carbocycles. The van der Waals surface area contributed by atoms with Gasteiger partial charge in [-0.3, -0.25) is 9.59 Å². The predicted octanol–water partition coefficient (Wildman–Crippen LogP) is 10.7. The van der Waals surface area contributed by atoms with E-state index in [0.717, 1.165) is 35.3 Å². The second kappa shape index (κ2) is 20.7. The molecule has 0 N–H and O–H groups in total. The van der Waals surface area contributed by atoms with Gasteiger partial charge in [0, 0.05) is 11.1 Å². The van der Waals surface area contributed by atoms with Gasteiger partial charge in [-0.05, 0) is 44.7 Å². The van der Waals surface area contributed by atoms with Crippen molar-refractivity contribution in [3.63, 3.8) is 0 Å². The van der Waals surface area contributed by atoms with Gasteiger partial charge in [0.2, 0.25) is 0 Å². The molecule has 3 aromatic rings. The van der Waals surface area contributed by atoms with E-state index in [1.165, 1.54) is 0 Å². The van der Waals surface area contributed by atoms with E-state index < -0.39 is 24.3 Å². The Morgan fingerprint density at radius 1 is 0.739 bits per heavy atom. The number of ether oxygens (including phenoxy) is 2. The first-order valence-corrected chi connectivity index (χ1v) is 19.2. The van der Waals surface area contributed by atoms with E-state index in [-0.39, 0.29) is 34.2 Å². The first-order chi connectivity index (χ1) is 20.8. The number of carbonyl (C=O) groups excluding carboxylic acids is 2. The van der Waals surface area contributed by atoms with Crippen molar-refractivity contribution < 1.29 is 32.6 Å². The van der Waals surface area contributed by atoms with Gasteiger partial charge in [0.1, 0.15) is 22.3 Å². The van der Waals surface area contributed by atoms with Gasteiger partial charge in [0.25, 0.3) is 0 Å². The third-order valence-corrected chi connectivity index (χ3v) is 8.94. The van der Waals surface area contributed by atoms with Gasteiger partial charge in [-0.15, -0.1) is 19.7 Å². The Morgan fingerprint density at radius 2 is 1.17 bits per heavy atom. The molecule has 0 radical (unpaired) electrons. The Balaban J connectivity index is 0.000000626. The van der Waals surface area contributed by atoms with Crippen LogP contribution >= 0.6 is 19.4 Å². The first-order valence-electron chi connectivity index (χ1n) is 13.7. The van der Waals surface area contributed by atoms with Gasteiger partial charge in [-0.1, -0.05) is 74.2 Å². The molecule has 0 aromatic heterocycles. The zero-order valence-corrected chi connectivity index (χ0v) is 29.4. The van der Waals surface area contributed by atoms with E-state index in [1.54, 1.807) is 18.2 Å². The number of rotatable bonds is 5. The van der Waals surface area contributed by atoms with E-state index in [1.807, 2.05) is 90.4 Å². The van der Waals surface area contributed by atoms with Crippen LogP contribution in [0.5, 0.6) is 11.5 Å². The molecule has 0 unspecified atom stereocenters. The molecule has 3 aromatic carbocycles. The minimum absolute atomic E-state index is 0. The summed E-state index contributed by atoms with van der Waals surface area (Å²) in [5.74, 6) is 1.11. The second-order valence-electron chi connectivity index (χ2n) is 9.93. The fourth-order valence-corrected chi connectivity index (χ4v) is 6.96. The van der Waals surface area contributed by atoms with Crippen molar-refractivity contribution in [2.45, 2.75) is 50.9 Å². The molecule has 1 spiro atoms. The molecule has 6 rings (SSSR count). The van der Waals surface area contributed by atoms with Crippen molar-refractivity contribution in [3.05, 3.63) is 161 Å². The molecular formula is C39H46Cl2O4Ru-2. The van der Waals surface area contributed by atoms with Crippen molar-refractivity contribution in [1.82, 2.24) is 0 Å². The van der Waals surface area contributed by atoms with Crippen molar-refractivity contribution in [3.8, 4) is 11.5 Å². The number of hydrogen-bond acceptors (Lipinski definition) is 4. The molecule has 2 heterocycles.